The minimum absolute atomic E-state index is 0.368. The lowest BCUT2D eigenvalue weighted by atomic mass is 10.4. The number of nitrogens with zero attached hydrogens (tertiary/aromatic N) is 5. The second-order valence-electron chi connectivity index (χ2n) is 4.08. The van der Waals surface area contributed by atoms with Crippen molar-refractivity contribution >= 4 is 38.7 Å². The summed E-state index contributed by atoms with van der Waals surface area (Å²) >= 11 is 9.36. The van der Waals surface area contributed by atoms with E-state index in [0.717, 1.165) is 34.6 Å². The Kier molecular flexibility index (Phi) is 3.52. The highest BCUT2D eigenvalue weighted by Gasteiger charge is 2.11. The summed E-state index contributed by atoms with van der Waals surface area (Å²) in [7, 11) is 0. The zero-order valence-corrected chi connectivity index (χ0v) is 12.3. The molecule has 19 heavy (non-hydrogen) atoms. The van der Waals surface area contributed by atoms with Crippen molar-refractivity contribution in [1.29, 1.82) is 0 Å². The SMILES string of the molecule is ClCc1nc2cc(Br)cnc2n1CCn1cccn1. The molecule has 0 atom stereocenters. The van der Waals surface area contributed by atoms with E-state index in [1.54, 1.807) is 12.4 Å². The number of alkyl halides is 1. The normalized spacial score (nSPS) is 11.3. The number of fused-ring (bicyclic) bond motifs is 1. The molecule has 98 valence electrons. The van der Waals surface area contributed by atoms with Gasteiger partial charge in [-0.05, 0) is 28.1 Å². The molecule has 7 heteroatoms. The third-order valence-corrected chi connectivity index (χ3v) is 3.53. The Bertz CT molecular complexity index is 692. The fourth-order valence-electron chi connectivity index (χ4n) is 2.01. The zero-order chi connectivity index (χ0) is 13.2. The highest BCUT2D eigenvalue weighted by molar-refractivity contribution is 9.10. The van der Waals surface area contributed by atoms with Crippen molar-refractivity contribution in [2.24, 2.45) is 0 Å². The van der Waals surface area contributed by atoms with Crippen LogP contribution >= 0.6 is 27.5 Å². The van der Waals surface area contributed by atoms with Crippen molar-refractivity contribution in [2.75, 3.05) is 0 Å². The molecule has 0 amide bonds. The first-order valence-corrected chi connectivity index (χ1v) is 7.15. The predicted octanol–water partition coefficient (Wildman–Crippen LogP) is 2.83. The van der Waals surface area contributed by atoms with Crippen LogP contribution in [0.25, 0.3) is 11.2 Å². The van der Waals surface area contributed by atoms with Gasteiger partial charge >= 0.3 is 0 Å². The van der Waals surface area contributed by atoms with E-state index in [-0.39, 0.29) is 0 Å². The summed E-state index contributed by atoms with van der Waals surface area (Å²) in [6.45, 7) is 1.51. The van der Waals surface area contributed by atoms with Crippen LogP contribution in [0.15, 0.2) is 35.2 Å². The number of hydrogen-bond acceptors (Lipinski definition) is 3. The Balaban J connectivity index is 1.96. The van der Waals surface area contributed by atoms with Gasteiger partial charge in [0.1, 0.15) is 11.3 Å². The maximum atomic E-state index is 5.96. The molecular formula is C12H11BrClN5. The van der Waals surface area contributed by atoms with Gasteiger partial charge in [-0.25, -0.2) is 9.97 Å². The van der Waals surface area contributed by atoms with E-state index in [4.69, 9.17) is 11.6 Å². The second-order valence-corrected chi connectivity index (χ2v) is 5.26. The Morgan fingerprint density at radius 2 is 2.21 bits per heavy atom. The Labute approximate surface area is 123 Å². The third-order valence-electron chi connectivity index (χ3n) is 2.86. The Hall–Kier alpha value is -1.40. The summed E-state index contributed by atoms with van der Waals surface area (Å²) in [5, 5.41) is 4.19. The highest BCUT2D eigenvalue weighted by atomic mass is 79.9. The van der Waals surface area contributed by atoms with E-state index in [9.17, 15) is 0 Å². The van der Waals surface area contributed by atoms with Crippen LogP contribution in [0, 0.1) is 0 Å². The second kappa shape index (κ2) is 5.30. The number of imidazole rings is 1. The topological polar surface area (TPSA) is 48.5 Å². The van der Waals surface area contributed by atoms with Gasteiger partial charge in [0.15, 0.2) is 5.65 Å². The summed E-state index contributed by atoms with van der Waals surface area (Å²) in [4.78, 5) is 8.92. The molecule has 0 aliphatic carbocycles. The van der Waals surface area contributed by atoms with Crippen LogP contribution in [-0.4, -0.2) is 24.3 Å². The van der Waals surface area contributed by atoms with Gasteiger partial charge in [0, 0.05) is 29.6 Å². The van der Waals surface area contributed by atoms with Crippen molar-refractivity contribution in [3.8, 4) is 0 Å². The molecule has 5 nitrogen and oxygen atoms in total. The number of aromatic nitrogens is 5. The summed E-state index contributed by atoms with van der Waals surface area (Å²) in [5.74, 6) is 1.20. The van der Waals surface area contributed by atoms with Gasteiger partial charge in [0.25, 0.3) is 0 Å². The maximum Gasteiger partial charge on any atom is 0.160 e. The van der Waals surface area contributed by atoms with Crippen molar-refractivity contribution in [3.05, 3.63) is 41.0 Å². The van der Waals surface area contributed by atoms with Crippen LogP contribution < -0.4 is 0 Å². The van der Waals surface area contributed by atoms with E-state index in [0.29, 0.717) is 5.88 Å². The number of hydrogen-bond donors (Lipinski definition) is 0. The number of rotatable bonds is 4. The van der Waals surface area contributed by atoms with E-state index in [1.807, 2.05) is 27.6 Å². The van der Waals surface area contributed by atoms with Gasteiger partial charge in [-0.1, -0.05) is 0 Å². The molecule has 0 aliphatic heterocycles. The fraction of sp³-hybridized carbons (Fsp3) is 0.250. The fourth-order valence-corrected chi connectivity index (χ4v) is 2.53. The minimum atomic E-state index is 0.368. The molecule has 0 N–H and O–H groups in total. The molecule has 3 heterocycles. The summed E-state index contributed by atoms with van der Waals surface area (Å²) in [6.07, 6.45) is 5.47. The summed E-state index contributed by atoms with van der Waals surface area (Å²) in [5.41, 5.74) is 1.71. The van der Waals surface area contributed by atoms with Gasteiger partial charge in [-0.2, -0.15) is 5.10 Å². The predicted molar refractivity (Wildman–Crippen MR) is 77.0 cm³/mol. The van der Waals surface area contributed by atoms with Gasteiger partial charge in [-0.3, -0.25) is 4.68 Å². The van der Waals surface area contributed by atoms with E-state index >= 15 is 0 Å². The van der Waals surface area contributed by atoms with E-state index in [2.05, 4.69) is 31.0 Å². The molecule has 0 saturated heterocycles. The first kappa shape index (κ1) is 12.6. The van der Waals surface area contributed by atoms with Gasteiger partial charge in [-0.15, -0.1) is 11.6 Å². The molecule has 3 rings (SSSR count). The standard InChI is InChI=1S/C12H11BrClN5/c13-9-6-10-12(15-8-9)19(11(7-14)17-10)5-4-18-3-1-2-16-18/h1-3,6,8H,4-5,7H2. The Morgan fingerprint density at radius 3 is 2.95 bits per heavy atom. The average molecular weight is 341 g/mol. The molecule has 0 aliphatic rings. The van der Waals surface area contributed by atoms with Crippen molar-refractivity contribution in [2.45, 2.75) is 19.0 Å². The van der Waals surface area contributed by atoms with Crippen LogP contribution in [-0.2, 0) is 19.0 Å². The van der Waals surface area contributed by atoms with Crippen LogP contribution in [0.3, 0.4) is 0 Å². The van der Waals surface area contributed by atoms with Crippen molar-refractivity contribution in [1.82, 2.24) is 24.3 Å². The molecule has 0 spiro atoms. The van der Waals surface area contributed by atoms with Crippen LogP contribution in [0.2, 0.25) is 0 Å². The maximum absolute atomic E-state index is 5.96. The average Bonchev–Trinajstić information content (AvgIpc) is 3.02. The summed E-state index contributed by atoms with van der Waals surface area (Å²) in [6, 6.07) is 3.85. The number of pyridine rings is 1. The van der Waals surface area contributed by atoms with E-state index in [1.165, 1.54) is 0 Å². The van der Waals surface area contributed by atoms with Gasteiger partial charge in [0.05, 0.1) is 12.4 Å². The van der Waals surface area contributed by atoms with Crippen LogP contribution in [0.1, 0.15) is 5.82 Å². The molecule has 0 unspecified atom stereocenters. The molecule has 0 bridgehead atoms. The number of halogens is 2. The molecule has 3 aromatic heterocycles. The quantitative estimate of drug-likeness (QED) is 0.686. The third kappa shape index (κ3) is 2.50. The molecule has 0 radical (unpaired) electrons. The minimum Gasteiger partial charge on any atom is -0.310 e. The van der Waals surface area contributed by atoms with Gasteiger partial charge < -0.3 is 4.57 Å². The van der Waals surface area contributed by atoms with Gasteiger partial charge in [0.2, 0.25) is 0 Å². The first-order valence-electron chi connectivity index (χ1n) is 5.82. The van der Waals surface area contributed by atoms with Crippen LogP contribution in [0.4, 0.5) is 0 Å². The lowest BCUT2D eigenvalue weighted by Gasteiger charge is -2.07. The zero-order valence-electron chi connectivity index (χ0n) is 10.0. The summed E-state index contributed by atoms with van der Waals surface area (Å²) < 4.78 is 4.83. The van der Waals surface area contributed by atoms with Crippen molar-refractivity contribution in [3.63, 3.8) is 0 Å². The first-order chi connectivity index (χ1) is 9.28. The lowest BCUT2D eigenvalue weighted by Crippen LogP contribution is -2.10. The molecule has 0 saturated carbocycles. The Morgan fingerprint density at radius 1 is 1.32 bits per heavy atom. The molecule has 3 aromatic rings. The molecule has 0 aromatic carbocycles. The monoisotopic (exact) mass is 339 g/mol. The number of aryl methyl sites for hydroxylation is 2. The highest BCUT2D eigenvalue weighted by Crippen LogP contribution is 2.19. The lowest BCUT2D eigenvalue weighted by molar-refractivity contribution is 0.531. The smallest absolute Gasteiger partial charge is 0.160 e. The molecular weight excluding hydrogens is 330 g/mol. The van der Waals surface area contributed by atoms with E-state index < -0.39 is 0 Å². The molecule has 0 fully saturated rings. The van der Waals surface area contributed by atoms with Crippen LogP contribution in [0.5, 0.6) is 0 Å². The van der Waals surface area contributed by atoms with Crippen molar-refractivity contribution < 1.29 is 0 Å². The largest absolute Gasteiger partial charge is 0.310 e.